The average molecular weight is 344 g/mol. The summed E-state index contributed by atoms with van der Waals surface area (Å²) in [4.78, 5) is 14.3. The molecule has 1 saturated heterocycles. The maximum atomic E-state index is 13.8. The summed E-state index contributed by atoms with van der Waals surface area (Å²) in [5, 5.41) is 2.96. The van der Waals surface area contributed by atoms with Gasteiger partial charge in [0, 0.05) is 38.0 Å². The van der Waals surface area contributed by atoms with Gasteiger partial charge >= 0.3 is 0 Å². The highest BCUT2D eigenvalue weighted by Crippen LogP contribution is 2.33. The van der Waals surface area contributed by atoms with Crippen LogP contribution in [0.15, 0.2) is 42.5 Å². The number of carbonyl (C=O) groups is 1. The minimum Gasteiger partial charge on any atom is -0.467 e. The molecule has 6 heteroatoms. The first-order chi connectivity index (χ1) is 12.1. The number of fused-ring (bicyclic) bond motifs is 1. The van der Waals surface area contributed by atoms with E-state index >= 15 is 0 Å². The zero-order valence-electron chi connectivity index (χ0n) is 13.6. The van der Waals surface area contributed by atoms with Crippen LogP contribution >= 0.6 is 0 Å². The fourth-order valence-corrected chi connectivity index (χ4v) is 3.46. The van der Waals surface area contributed by atoms with Crippen molar-refractivity contribution in [3.8, 4) is 5.75 Å². The first-order valence-electron chi connectivity index (χ1n) is 8.32. The summed E-state index contributed by atoms with van der Waals surface area (Å²) in [7, 11) is 0. The summed E-state index contributed by atoms with van der Waals surface area (Å²) < 4.78 is 33.7. The Labute approximate surface area is 144 Å². The van der Waals surface area contributed by atoms with Crippen molar-refractivity contribution in [2.75, 3.05) is 13.1 Å². The van der Waals surface area contributed by atoms with E-state index in [1.807, 2.05) is 11.0 Å². The molecule has 2 aromatic carbocycles. The molecule has 2 aliphatic rings. The van der Waals surface area contributed by atoms with Crippen molar-refractivity contribution in [1.82, 2.24) is 10.2 Å². The number of hydrogen-bond acceptors (Lipinski definition) is 3. The lowest BCUT2D eigenvalue weighted by atomic mass is 9.96. The molecule has 0 aromatic heterocycles. The highest BCUT2D eigenvalue weighted by atomic mass is 19.1. The van der Waals surface area contributed by atoms with Crippen LogP contribution in [0.4, 0.5) is 8.78 Å². The molecule has 130 valence electrons. The van der Waals surface area contributed by atoms with Crippen LogP contribution in [0.1, 0.15) is 28.8 Å². The third kappa shape index (κ3) is 2.98. The summed E-state index contributed by atoms with van der Waals surface area (Å²) in [5.41, 5.74) is -0.128. The Morgan fingerprint density at radius 3 is 2.44 bits per heavy atom. The third-order valence-corrected chi connectivity index (χ3v) is 4.89. The zero-order valence-corrected chi connectivity index (χ0v) is 13.6. The van der Waals surface area contributed by atoms with Crippen LogP contribution in [0.25, 0.3) is 0 Å². The van der Waals surface area contributed by atoms with Gasteiger partial charge in [0.25, 0.3) is 5.91 Å². The van der Waals surface area contributed by atoms with E-state index < -0.39 is 17.4 Å². The molecule has 1 fully saturated rings. The van der Waals surface area contributed by atoms with Gasteiger partial charge in [-0.05, 0) is 24.3 Å². The van der Waals surface area contributed by atoms with Crippen LogP contribution < -0.4 is 10.1 Å². The molecule has 0 atom stereocenters. The van der Waals surface area contributed by atoms with E-state index in [-0.39, 0.29) is 18.0 Å². The van der Waals surface area contributed by atoms with E-state index in [0.29, 0.717) is 37.2 Å². The number of nitrogens with one attached hydrogen (secondary N) is 1. The number of piperidine rings is 1. The Kier molecular flexibility index (Phi) is 3.92. The van der Waals surface area contributed by atoms with Crippen LogP contribution in [0.5, 0.6) is 5.75 Å². The Morgan fingerprint density at radius 2 is 1.72 bits per heavy atom. The summed E-state index contributed by atoms with van der Waals surface area (Å²) >= 11 is 0. The number of hydrogen-bond donors (Lipinski definition) is 1. The lowest BCUT2D eigenvalue weighted by molar-refractivity contribution is -0.0307. The number of ether oxygens (including phenoxy) is 1. The first kappa shape index (κ1) is 16.0. The molecule has 2 heterocycles. The fraction of sp³-hybridized carbons (Fsp3) is 0.316. The molecule has 0 aliphatic carbocycles. The molecule has 4 rings (SSSR count). The second-order valence-corrected chi connectivity index (χ2v) is 6.52. The van der Waals surface area contributed by atoms with Gasteiger partial charge in [0.05, 0.1) is 5.56 Å². The highest BCUT2D eigenvalue weighted by molar-refractivity contribution is 5.98. The number of halogens is 2. The molecule has 1 amide bonds. The molecule has 0 saturated carbocycles. The largest absolute Gasteiger partial charge is 0.467 e. The molecular weight excluding hydrogens is 326 g/mol. The minimum absolute atomic E-state index is 0.0809. The van der Waals surface area contributed by atoms with Gasteiger partial charge in [-0.3, -0.25) is 9.69 Å². The minimum atomic E-state index is -0.740. The Bertz CT molecular complexity index is 797. The topological polar surface area (TPSA) is 41.6 Å². The van der Waals surface area contributed by atoms with Crippen molar-refractivity contribution in [3.05, 3.63) is 65.2 Å². The predicted molar refractivity (Wildman–Crippen MR) is 88.1 cm³/mol. The normalized spacial score (nSPS) is 19.2. The summed E-state index contributed by atoms with van der Waals surface area (Å²) in [6.45, 7) is 1.37. The molecule has 1 N–H and O–H groups in total. The van der Waals surface area contributed by atoms with Crippen molar-refractivity contribution in [2.45, 2.75) is 25.1 Å². The number of nitrogens with zero attached hydrogens (tertiary/aromatic N) is 1. The van der Waals surface area contributed by atoms with Crippen LogP contribution in [-0.2, 0) is 6.54 Å². The van der Waals surface area contributed by atoms with Gasteiger partial charge in [-0.15, -0.1) is 0 Å². The molecule has 0 radical (unpaired) electrons. The van der Waals surface area contributed by atoms with Gasteiger partial charge in [-0.25, -0.2) is 8.78 Å². The molecule has 0 unspecified atom stereocenters. The van der Waals surface area contributed by atoms with Crippen LogP contribution in [-0.4, -0.2) is 29.6 Å². The Balaban J connectivity index is 1.46. The Hall–Kier alpha value is -2.47. The number of rotatable bonds is 2. The van der Waals surface area contributed by atoms with E-state index in [9.17, 15) is 13.6 Å². The van der Waals surface area contributed by atoms with Gasteiger partial charge in [0.2, 0.25) is 0 Å². The van der Waals surface area contributed by atoms with Gasteiger partial charge in [-0.2, -0.15) is 0 Å². The molecule has 4 nitrogen and oxygen atoms in total. The lowest BCUT2D eigenvalue weighted by Crippen LogP contribution is -2.60. The predicted octanol–water partition coefficient (Wildman–Crippen LogP) is 3.08. The molecule has 25 heavy (non-hydrogen) atoms. The van der Waals surface area contributed by atoms with Crippen LogP contribution in [0.2, 0.25) is 0 Å². The van der Waals surface area contributed by atoms with Crippen molar-refractivity contribution in [1.29, 1.82) is 0 Å². The molecule has 2 aliphatic heterocycles. The lowest BCUT2D eigenvalue weighted by Gasteiger charge is -2.44. The van der Waals surface area contributed by atoms with Gasteiger partial charge in [0.15, 0.2) is 5.72 Å². The van der Waals surface area contributed by atoms with Crippen LogP contribution in [0, 0.1) is 11.6 Å². The second-order valence-electron chi connectivity index (χ2n) is 6.52. The van der Waals surface area contributed by atoms with Crippen LogP contribution in [0.3, 0.4) is 0 Å². The highest BCUT2D eigenvalue weighted by Gasteiger charge is 2.42. The second kappa shape index (κ2) is 6.11. The maximum Gasteiger partial charge on any atom is 0.258 e. The smallest absolute Gasteiger partial charge is 0.258 e. The Morgan fingerprint density at radius 1 is 1.04 bits per heavy atom. The van der Waals surface area contributed by atoms with Crippen molar-refractivity contribution in [3.63, 3.8) is 0 Å². The van der Waals surface area contributed by atoms with E-state index in [1.165, 1.54) is 18.2 Å². The number of carbonyl (C=O) groups excluding carboxylic acids is 1. The SMILES string of the molecule is O=C1NC2(CCN(Cc3c(F)cccc3F)CC2)Oc2ccccc21. The van der Waals surface area contributed by atoms with E-state index in [1.54, 1.807) is 18.2 Å². The fourth-order valence-electron chi connectivity index (χ4n) is 3.46. The molecular formula is C19H18F2N2O2. The zero-order chi connectivity index (χ0) is 17.4. The summed E-state index contributed by atoms with van der Waals surface area (Å²) in [6, 6.07) is 11.1. The first-order valence-corrected chi connectivity index (χ1v) is 8.32. The van der Waals surface area contributed by atoms with Gasteiger partial charge < -0.3 is 10.1 Å². The quantitative estimate of drug-likeness (QED) is 0.910. The average Bonchev–Trinajstić information content (AvgIpc) is 2.60. The van der Waals surface area contributed by atoms with Crippen molar-refractivity contribution < 1.29 is 18.3 Å². The molecule has 2 aromatic rings. The van der Waals surface area contributed by atoms with Crippen molar-refractivity contribution in [2.24, 2.45) is 0 Å². The van der Waals surface area contributed by atoms with Crippen molar-refractivity contribution >= 4 is 5.91 Å². The van der Waals surface area contributed by atoms with E-state index in [0.717, 1.165) is 0 Å². The maximum absolute atomic E-state index is 13.8. The standard InChI is InChI=1S/C19H18F2N2O2/c20-15-5-3-6-16(21)14(15)12-23-10-8-19(9-11-23)22-18(24)13-4-1-2-7-17(13)25-19/h1-7H,8-12H2,(H,22,24). The van der Waals surface area contributed by atoms with Gasteiger partial charge in [-0.1, -0.05) is 18.2 Å². The van der Waals surface area contributed by atoms with Gasteiger partial charge in [0.1, 0.15) is 17.4 Å². The third-order valence-electron chi connectivity index (χ3n) is 4.89. The molecule has 0 bridgehead atoms. The summed E-state index contributed by atoms with van der Waals surface area (Å²) in [6.07, 6.45) is 1.12. The van der Waals surface area contributed by atoms with E-state index in [4.69, 9.17) is 4.74 Å². The number of benzene rings is 2. The number of likely N-dealkylation sites (tertiary alicyclic amines) is 1. The number of para-hydroxylation sites is 1. The monoisotopic (exact) mass is 344 g/mol. The van der Waals surface area contributed by atoms with E-state index in [2.05, 4.69) is 5.32 Å². The summed E-state index contributed by atoms with van der Waals surface area (Å²) in [5.74, 6) is -0.622. The number of amides is 1. The molecule has 1 spiro atoms.